The standard InChI is InChI=1S/C27H34N2O3/c1-6-20(7-2)27(30)29(13-14-31-4)18-23-16-21-11-12-24(32-5)17-25(21)28-26(23)22-10-8-9-19(3)15-22/h8-12,15-17,20H,6-7,13-14,18H2,1-5H3. The summed E-state index contributed by atoms with van der Waals surface area (Å²) in [6, 6.07) is 16.4. The van der Waals surface area contributed by atoms with Gasteiger partial charge in [-0.05, 0) is 49.6 Å². The number of nitrogens with zero attached hydrogens (tertiary/aromatic N) is 2. The van der Waals surface area contributed by atoms with Gasteiger partial charge in [0.15, 0.2) is 0 Å². The van der Waals surface area contributed by atoms with Crippen molar-refractivity contribution in [3.8, 4) is 17.0 Å². The van der Waals surface area contributed by atoms with Gasteiger partial charge >= 0.3 is 0 Å². The molecule has 0 radical (unpaired) electrons. The van der Waals surface area contributed by atoms with Crippen molar-refractivity contribution in [3.63, 3.8) is 0 Å². The van der Waals surface area contributed by atoms with E-state index in [4.69, 9.17) is 14.5 Å². The highest BCUT2D eigenvalue weighted by molar-refractivity contribution is 5.85. The molecule has 0 bridgehead atoms. The van der Waals surface area contributed by atoms with Crippen LogP contribution in [0.25, 0.3) is 22.2 Å². The Morgan fingerprint density at radius 3 is 2.50 bits per heavy atom. The number of fused-ring (bicyclic) bond motifs is 1. The van der Waals surface area contributed by atoms with Crippen LogP contribution in [0.5, 0.6) is 5.75 Å². The summed E-state index contributed by atoms with van der Waals surface area (Å²) in [7, 11) is 3.33. The van der Waals surface area contributed by atoms with E-state index in [1.165, 1.54) is 5.56 Å². The van der Waals surface area contributed by atoms with Gasteiger partial charge in [0.25, 0.3) is 0 Å². The molecule has 0 aliphatic carbocycles. The molecular weight excluding hydrogens is 400 g/mol. The Labute approximate surface area is 191 Å². The lowest BCUT2D eigenvalue weighted by Gasteiger charge is -2.27. The van der Waals surface area contributed by atoms with E-state index in [-0.39, 0.29) is 11.8 Å². The van der Waals surface area contributed by atoms with Gasteiger partial charge in [-0.1, -0.05) is 37.6 Å². The summed E-state index contributed by atoms with van der Waals surface area (Å²) in [5, 5.41) is 1.03. The smallest absolute Gasteiger partial charge is 0.226 e. The van der Waals surface area contributed by atoms with E-state index in [0.29, 0.717) is 19.7 Å². The zero-order valence-electron chi connectivity index (χ0n) is 19.9. The van der Waals surface area contributed by atoms with E-state index in [2.05, 4.69) is 45.0 Å². The SMILES string of the molecule is CCC(CC)C(=O)N(CCOC)Cc1cc2ccc(OC)cc2nc1-c1cccc(C)c1. The van der Waals surface area contributed by atoms with Crippen LogP contribution in [0.2, 0.25) is 0 Å². The van der Waals surface area contributed by atoms with Crippen LogP contribution in [0.1, 0.15) is 37.8 Å². The first-order chi connectivity index (χ1) is 15.5. The fraction of sp³-hybridized carbons (Fsp3) is 0.407. The van der Waals surface area contributed by atoms with Gasteiger partial charge < -0.3 is 14.4 Å². The zero-order valence-corrected chi connectivity index (χ0v) is 19.9. The van der Waals surface area contributed by atoms with Crippen molar-refractivity contribution < 1.29 is 14.3 Å². The van der Waals surface area contributed by atoms with Crippen molar-refractivity contribution in [3.05, 3.63) is 59.7 Å². The van der Waals surface area contributed by atoms with Gasteiger partial charge in [-0.2, -0.15) is 0 Å². The molecule has 2 aromatic carbocycles. The molecule has 0 saturated heterocycles. The van der Waals surface area contributed by atoms with E-state index in [0.717, 1.165) is 46.3 Å². The predicted octanol–water partition coefficient (Wildman–Crippen LogP) is 5.63. The minimum absolute atomic E-state index is 0.0203. The minimum Gasteiger partial charge on any atom is -0.497 e. The Balaban J connectivity index is 2.10. The van der Waals surface area contributed by atoms with Crippen LogP contribution in [-0.2, 0) is 16.1 Å². The third-order valence-electron chi connectivity index (χ3n) is 5.97. The molecule has 5 nitrogen and oxygen atoms in total. The number of ether oxygens (including phenoxy) is 2. The molecular formula is C27H34N2O3. The largest absolute Gasteiger partial charge is 0.497 e. The average molecular weight is 435 g/mol. The maximum atomic E-state index is 13.3. The van der Waals surface area contributed by atoms with Gasteiger partial charge in [0.1, 0.15) is 5.75 Å². The summed E-state index contributed by atoms with van der Waals surface area (Å²) in [6.07, 6.45) is 1.67. The van der Waals surface area contributed by atoms with Crippen LogP contribution in [0.3, 0.4) is 0 Å². The number of hydrogen-bond acceptors (Lipinski definition) is 4. The topological polar surface area (TPSA) is 51.7 Å². The summed E-state index contributed by atoms with van der Waals surface area (Å²) < 4.78 is 10.7. The second-order valence-electron chi connectivity index (χ2n) is 8.19. The molecule has 0 atom stereocenters. The number of hydrogen-bond donors (Lipinski definition) is 0. The van der Waals surface area contributed by atoms with Gasteiger partial charge in [-0.25, -0.2) is 4.98 Å². The zero-order chi connectivity index (χ0) is 23.1. The number of carbonyl (C=O) groups is 1. The van der Waals surface area contributed by atoms with E-state index in [1.807, 2.05) is 29.2 Å². The molecule has 0 N–H and O–H groups in total. The normalized spacial score (nSPS) is 11.2. The number of amides is 1. The highest BCUT2D eigenvalue weighted by atomic mass is 16.5. The van der Waals surface area contributed by atoms with E-state index in [1.54, 1.807) is 14.2 Å². The molecule has 0 unspecified atom stereocenters. The number of benzene rings is 2. The molecule has 0 saturated carbocycles. The number of carbonyl (C=O) groups excluding carboxylic acids is 1. The molecule has 1 amide bonds. The fourth-order valence-electron chi connectivity index (χ4n) is 4.05. The van der Waals surface area contributed by atoms with Crippen molar-refractivity contribution in [2.75, 3.05) is 27.4 Å². The molecule has 0 aliphatic rings. The van der Waals surface area contributed by atoms with Crippen LogP contribution < -0.4 is 4.74 Å². The first-order valence-electron chi connectivity index (χ1n) is 11.3. The van der Waals surface area contributed by atoms with Crippen molar-refractivity contribution in [1.29, 1.82) is 0 Å². The molecule has 170 valence electrons. The summed E-state index contributed by atoms with van der Waals surface area (Å²) >= 11 is 0. The van der Waals surface area contributed by atoms with E-state index < -0.39 is 0 Å². The summed E-state index contributed by atoms with van der Waals surface area (Å²) in [4.78, 5) is 20.2. The van der Waals surface area contributed by atoms with E-state index in [9.17, 15) is 4.79 Å². The fourth-order valence-corrected chi connectivity index (χ4v) is 4.05. The van der Waals surface area contributed by atoms with Gasteiger partial charge in [-0.15, -0.1) is 0 Å². The molecule has 32 heavy (non-hydrogen) atoms. The predicted molar refractivity (Wildman–Crippen MR) is 130 cm³/mol. The van der Waals surface area contributed by atoms with Gasteiger partial charge in [0.2, 0.25) is 5.91 Å². The molecule has 0 fully saturated rings. The van der Waals surface area contributed by atoms with Gasteiger partial charge in [-0.3, -0.25) is 4.79 Å². The molecule has 0 spiro atoms. The van der Waals surface area contributed by atoms with Crippen molar-refractivity contribution in [2.24, 2.45) is 5.92 Å². The third kappa shape index (κ3) is 5.46. The average Bonchev–Trinajstić information content (AvgIpc) is 2.81. The monoisotopic (exact) mass is 434 g/mol. The van der Waals surface area contributed by atoms with Crippen molar-refractivity contribution in [1.82, 2.24) is 9.88 Å². The van der Waals surface area contributed by atoms with Crippen LogP contribution >= 0.6 is 0 Å². The van der Waals surface area contributed by atoms with E-state index >= 15 is 0 Å². The number of methoxy groups -OCH3 is 2. The second-order valence-corrected chi connectivity index (χ2v) is 8.19. The van der Waals surface area contributed by atoms with Gasteiger partial charge in [0, 0.05) is 43.1 Å². The number of pyridine rings is 1. The summed E-state index contributed by atoms with van der Waals surface area (Å²) in [6.45, 7) is 7.78. The van der Waals surface area contributed by atoms with Crippen molar-refractivity contribution in [2.45, 2.75) is 40.2 Å². The highest BCUT2D eigenvalue weighted by Crippen LogP contribution is 2.30. The maximum Gasteiger partial charge on any atom is 0.226 e. The molecule has 3 aromatic rings. The molecule has 1 heterocycles. The van der Waals surface area contributed by atoms with Crippen LogP contribution in [0, 0.1) is 12.8 Å². The quantitative estimate of drug-likeness (QED) is 0.415. The third-order valence-corrected chi connectivity index (χ3v) is 5.97. The van der Waals surface area contributed by atoms with Crippen LogP contribution in [0.4, 0.5) is 0 Å². The lowest BCUT2D eigenvalue weighted by atomic mass is 9.99. The number of rotatable bonds is 10. The Morgan fingerprint density at radius 1 is 1.06 bits per heavy atom. The second kappa shape index (κ2) is 11.1. The Kier molecular flexibility index (Phi) is 8.23. The molecule has 5 heteroatoms. The van der Waals surface area contributed by atoms with Crippen LogP contribution in [0.15, 0.2) is 48.5 Å². The summed E-state index contributed by atoms with van der Waals surface area (Å²) in [5.74, 6) is 0.975. The first kappa shape index (κ1) is 23.7. The first-order valence-corrected chi connectivity index (χ1v) is 11.3. The van der Waals surface area contributed by atoms with Crippen LogP contribution in [-0.4, -0.2) is 43.2 Å². The summed E-state index contributed by atoms with van der Waals surface area (Å²) in [5.41, 5.74) is 5.02. The number of aryl methyl sites for hydroxylation is 1. The van der Waals surface area contributed by atoms with Crippen molar-refractivity contribution >= 4 is 16.8 Å². The molecule has 0 aliphatic heterocycles. The molecule has 1 aromatic heterocycles. The highest BCUT2D eigenvalue weighted by Gasteiger charge is 2.23. The number of aromatic nitrogens is 1. The van der Waals surface area contributed by atoms with Gasteiger partial charge in [0.05, 0.1) is 24.9 Å². The lowest BCUT2D eigenvalue weighted by molar-refractivity contribution is -0.137. The minimum atomic E-state index is 0.0203. The Morgan fingerprint density at radius 2 is 1.84 bits per heavy atom. The Bertz CT molecular complexity index is 1060. The molecule has 3 rings (SSSR count). The maximum absolute atomic E-state index is 13.3. The Hall–Kier alpha value is -2.92. The lowest BCUT2D eigenvalue weighted by Crippen LogP contribution is -2.37.